The lowest BCUT2D eigenvalue weighted by Gasteiger charge is -2.15. The van der Waals surface area contributed by atoms with Crippen LogP contribution in [-0.2, 0) is 10.0 Å². The predicted octanol–water partition coefficient (Wildman–Crippen LogP) is 3.64. The first kappa shape index (κ1) is 20.7. The highest BCUT2D eigenvalue weighted by atomic mass is 32.2. The number of aromatic nitrogens is 2. The molecule has 0 spiro atoms. The van der Waals surface area contributed by atoms with E-state index < -0.39 is 15.8 Å². The van der Waals surface area contributed by atoms with E-state index in [4.69, 9.17) is 4.42 Å². The summed E-state index contributed by atoms with van der Waals surface area (Å²) >= 11 is 1.08. The van der Waals surface area contributed by atoms with Crippen molar-refractivity contribution in [2.45, 2.75) is 23.0 Å². The van der Waals surface area contributed by atoms with Gasteiger partial charge in [0.15, 0.2) is 5.78 Å². The van der Waals surface area contributed by atoms with Crippen molar-refractivity contribution in [3.05, 3.63) is 59.9 Å². The molecule has 10 heteroatoms. The summed E-state index contributed by atoms with van der Waals surface area (Å²) in [5, 5.41) is 8.09. The highest BCUT2D eigenvalue weighted by molar-refractivity contribution is 7.99. The zero-order valence-corrected chi connectivity index (χ0v) is 17.5. The molecule has 1 aromatic heterocycles. The topological polar surface area (TPSA) is 93.4 Å². The molecule has 156 valence electrons. The third kappa shape index (κ3) is 4.45. The number of Topliss-reactive ketones (excluding diaryl/α,β-unsaturated/α-hetero) is 1. The van der Waals surface area contributed by atoms with Crippen molar-refractivity contribution in [1.82, 2.24) is 14.5 Å². The molecular weight excluding hydrogens is 429 g/mol. The summed E-state index contributed by atoms with van der Waals surface area (Å²) in [5.74, 6) is -0.284. The van der Waals surface area contributed by atoms with Gasteiger partial charge in [-0.25, -0.2) is 12.8 Å². The molecule has 0 bridgehead atoms. The van der Waals surface area contributed by atoms with Crippen molar-refractivity contribution in [1.29, 1.82) is 0 Å². The van der Waals surface area contributed by atoms with E-state index >= 15 is 0 Å². The van der Waals surface area contributed by atoms with Crippen LogP contribution < -0.4 is 0 Å². The Labute approximate surface area is 177 Å². The van der Waals surface area contributed by atoms with E-state index in [1.54, 1.807) is 12.1 Å². The Morgan fingerprint density at radius 2 is 1.70 bits per heavy atom. The van der Waals surface area contributed by atoms with Gasteiger partial charge < -0.3 is 4.42 Å². The predicted molar refractivity (Wildman–Crippen MR) is 109 cm³/mol. The van der Waals surface area contributed by atoms with E-state index in [2.05, 4.69) is 10.2 Å². The molecule has 0 atom stereocenters. The monoisotopic (exact) mass is 447 g/mol. The minimum atomic E-state index is -3.48. The summed E-state index contributed by atoms with van der Waals surface area (Å²) in [7, 11) is -3.48. The SMILES string of the molecule is O=C(CSc1nnc(-c2ccc(S(=O)(=O)N3CCCC3)cc2)o1)c1ccc(F)cc1. The third-order valence-corrected chi connectivity index (χ3v) is 7.43. The van der Waals surface area contributed by atoms with Crippen LogP contribution in [0.15, 0.2) is 63.1 Å². The van der Waals surface area contributed by atoms with Crippen LogP contribution in [0.1, 0.15) is 23.2 Å². The maximum Gasteiger partial charge on any atom is 0.277 e. The van der Waals surface area contributed by atoms with Gasteiger partial charge in [0.25, 0.3) is 5.22 Å². The molecule has 0 amide bonds. The zero-order chi connectivity index (χ0) is 21.1. The van der Waals surface area contributed by atoms with Gasteiger partial charge in [-0.3, -0.25) is 4.79 Å². The molecule has 1 aliphatic rings. The lowest BCUT2D eigenvalue weighted by atomic mass is 10.1. The number of nitrogens with zero attached hydrogens (tertiary/aromatic N) is 3. The molecule has 0 unspecified atom stereocenters. The fourth-order valence-corrected chi connectivity index (χ4v) is 5.25. The first-order valence-corrected chi connectivity index (χ1v) is 11.7. The van der Waals surface area contributed by atoms with E-state index in [9.17, 15) is 17.6 Å². The fourth-order valence-electron chi connectivity index (χ4n) is 3.08. The van der Waals surface area contributed by atoms with Crippen molar-refractivity contribution in [2.24, 2.45) is 0 Å². The second kappa shape index (κ2) is 8.66. The number of sulfonamides is 1. The number of halogens is 1. The molecule has 2 aromatic carbocycles. The fraction of sp³-hybridized carbons (Fsp3) is 0.250. The largest absolute Gasteiger partial charge is 0.411 e. The molecule has 0 radical (unpaired) electrons. The Kier molecular flexibility index (Phi) is 5.98. The summed E-state index contributed by atoms with van der Waals surface area (Å²) in [6, 6.07) is 11.6. The standard InChI is InChI=1S/C20H18FN3O4S2/c21-16-7-3-14(4-8-16)18(25)13-29-20-23-22-19(28-20)15-5-9-17(10-6-15)30(26,27)24-11-1-2-12-24/h3-10H,1-2,11-13H2. The van der Waals surface area contributed by atoms with Crippen molar-refractivity contribution >= 4 is 27.6 Å². The Hall–Kier alpha value is -2.56. The number of rotatable bonds is 7. The molecule has 7 nitrogen and oxygen atoms in total. The van der Waals surface area contributed by atoms with E-state index in [1.807, 2.05) is 0 Å². The van der Waals surface area contributed by atoms with Crippen molar-refractivity contribution in [3.8, 4) is 11.5 Å². The number of carbonyl (C=O) groups excluding carboxylic acids is 1. The van der Waals surface area contributed by atoms with Crippen LogP contribution in [0, 0.1) is 5.82 Å². The van der Waals surface area contributed by atoms with Gasteiger partial charge >= 0.3 is 0 Å². The lowest BCUT2D eigenvalue weighted by Crippen LogP contribution is -2.27. The Balaban J connectivity index is 1.41. The quantitative estimate of drug-likeness (QED) is 0.403. The molecule has 1 aliphatic heterocycles. The average molecular weight is 448 g/mol. The number of hydrogen-bond donors (Lipinski definition) is 0. The van der Waals surface area contributed by atoms with E-state index in [1.165, 1.54) is 40.7 Å². The smallest absolute Gasteiger partial charge is 0.277 e. The third-order valence-electron chi connectivity index (χ3n) is 4.70. The van der Waals surface area contributed by atoms with Gasteiger partial charge in [0, 0.05) is 24.2 Å². The molecule has 2 heterocycles. The van der Waals surface area contributed by atoms with Gasteiger partial charge in [0.1, 0.15) is 5.82 Å². The first-order chi connectivity index (χ1) is 14.4. The van der Waals surface area contributed by atoms with Crippen LogP contribution in [0.25, 0.3) is 11.5 Å². The molecule has 0 aliphatic carbocycles. The van der Waals surface area contributed by atoms with Crippen LogP contribution in [-0.4, -0.2) is 47.5 Å². The number of thioether (sulfide) groups is 1. The summed E-state index contributed by atoms with van der Waals surface area (Å²) in [5.41, 5.74) is 0.984. The second-order valence-electron chi connectivity index (χ2n) is 6.73. The Bertz CT molecular complexity index is 1140. The van der Waals surface area contributed by atoms with Gasteiger partial charge in [0.05, 0.1) is 10.6 Å². The average Bonchev–Trinajstić information content (AvgIpc) is 3.45. The molecule has 1 saturated heterocycles. The highest BCUT2D eigenvalue weighted by Gasteiger charge is 2.27. The number of hydrogen-bond acceptors (Lipinski definition) is 7. The van der Waals surface area contributed by atoms with E-state index in [0.717, 1.165) is 24.6 Å². The minimum absolute atomic E-state index is 0.0697. The first-order valence-electron chi connectivity index (χ1n) is 9.29. The van der Waals surface area contributed by atoms with Gasteiger partial charge in [-0.05, 0) is 61.4 Å². The maximum absolute atomic E-state index is 12.9. The molecule has 0 N–H and O–H groups in total. The maximum atomic E-state index is 12.9. The van der Waals surface area contributed by atoms with Crippen LogP contribution >= 0.6 is 11.8 Å². The Morgan fingerprint density at radius 1 is 1.03 bits per heavy atom. The molecule has 3 aromatic rings. The van der Waals surface area contributed by atoms with Gasteiger partial charge in [-0.1, -0.05) is 11.8 Å². The van der Waals surface area contributed by atoms with Gasteiger partial charge in [0.2, 0.25) is 15.9 Å². The van der Waals surface area contributed by atoms with Crippen LogP contribution in [0.3, 0.4) is 0 Å². The normalized spacial score (nSPS) is 14.8. The van der Waals surface area contributed by atoms with Crippen LogP contribution in [0.2, 0.25) is 0 Å². The number of ketones is 1. The van der Waals surface area contributed by atoms with Crippen molar-refractivity contribution in [3.63, 3.8) is 0 Å². The summed E-state index contributed by atoms with van der Waals surface area (Å²) in [6.07, 6.45) is 1.76. The Morgan fingerprint density at radius 3 is 2.37 bits per heavy atom. The lowest BCUT2D eigenvalue weighted by molar-refractivity contribution is 0.102. The van der Waals surface area contributed by atoms with E-state index in [0.29, 0.717) is 24.2 Å². The summed E-state index contributed by atoms with van der Waals surface area (Å²) in [6.45, 7) is 1.09. The number of carbonyl (C=O) groups is 1. The zero-order valence-electron chi connectivity index (χ0n) is 15.8. The highest BCUT2D eigenvalue weighted by Crippen LogP contribution is 2.26. The molecular formula is C20H18FN3O4S2. The minimum Gasteiger partial charge on any atom is -0.411 e. The van der Waals surface area contributed by atoms with Crippen LogP contribution in [0.4, 0.5) is 4.39 Å². The molecule has 0 saturated carbocycles. The molecule has 30 heavy (non-hydrogen) atoms. The van der Waals surface area contributed by atoms with Crippen molar-refractivity contribution in [2.75, 3.05) is 18.8 Å². The molecule has 1 fully saturated rings. The van der Waals surface area contributed by atoms with Gasteiger partial charge in [-0.2, -0.15) is 4.31 Å². The van der Waals surface area contributed by atoms with Gasteiger partial charge in [-0.15, -0.1) is 10.2 Å². The second-order valence-corrected chi connectivity index (χ2v) is 9.59. The summed E-state index contributed by atoms with van der Waals surface area (Å²) in [4.78, 5) is 12.4. The number of benzene rings is 2. The van der Waals surface area contributed by atoms with Crippen LogP contribution in [0.5, 0.6) is 0 Å². The summed E-state index contributed by atoms with van der Waals surface area (Å²) < 4.78 is 45.2. The molecule has 4 rings (SSSR count). The van der Waals surface area contributed by atoms with E-state index in [-0.39, 0.29) is 27.5 Å². The van der Waals surface area contributed by atoms with Crippen molar-refractivity contribution < 1.29 is 22.0 Å².